The van der Waals surface area contributed by atoms with Gasteiger partial charge in [0, 0.05) is 136 Å². The summed E-state index contributed by atoms with van der Waals surface area (Å²) in [6.07, 6.45) is 0.0474. The van der Waals surface area contributed by atoms with Crippen LogP contribution in [0.15, 0.2) is 92.2 Å². The SMILES string of the molecule is CC(C)OC(=O)N1CCN(c2ccnc(-c3c[nH]c4ncc(Cl)cc34)n2)[C@@H](C(=O)NCC(F)(F)F)C1.CCCCOC(=O)N1CCN(c2ccnc(-c3c[nH]c4ncc(Cl)cc34)n2)[C@@H](C(=O)NCC(F)(F)F)C1.CCCOC(=O)N1CCN(c2ccnc(-c3c[nH]c4ncc(Cl)cc34)n2)[C@@H](C(=O)NCC(F)(F)F)C1.[HH].[HH].[HH].[HH].[HH].[HH]. The van der Waals surface area contributed by atoms with Gasteiger partial charge in [0.05, 0.1) is 54.0 Å². The second-order valence-electron chi connectivity index (χ2n) is 25.0. The molecule has 12 heterocycles. The van der Waals surface area contributed by atoms with Crippen LogP contribution in [-0.2, 0) is 28.6 Å². The average molecular weight is 1600 g/mol. The van der Waals surface area contributed by atoms with Crippen molar-refractivity contribution >= 4 is 121 Å². The summed E-state index contributed by atoms with van der Waals surface area (Å²) in [6, 6.07) is 6.40. The van der Waals surface area contributed by atoms with Crippen molar-refractivity contribution in [2.24, 2.45) is 0 Å². The van der Waals surface area contributed by atoms with Crippen LogP contribution in [0.2, 0.25) is 15.1 Å². The number of halogens is 12. The molecule has 12 rings (SSSR count). The van der Waals surface area contributed by atoms with Crippen molar-refractivity contribution in [1.29, 1.82) is 0 Å². The van der Waals surface area contributed by atoms with Gasteiger partial charge in [-0.1, -0.05) is 55.1 Å². The van der Waals surface area contributed by atoms with Crippen LogP contribution in [0.1, 0.15) is 55.5 Å². The van der Waals surface area contributed by atoms with Crippen LogP contribution < -0.4 is 30.7 Å². The second kappa shape index (κ2) is 35.5. The van der Waals surface area contributed by atoms with E-state index in [0.717, 1.165) is 6.42 Å². The van der Waals surface area contributed by atoms with Crippen LogP contribution in [-0.4, -0.2) is 245 Å². The Morgan fingerprint density at radius 3 is 1.11 bits per heavy atom. The molecule has 6 N–H and O–H groups in total. The van der Waals surface area contributed by atoms with E-state index >= 15 is 0 Å². The van der Waals surface area contributed by atoms with E-state index in [4.69, 9.17) is 49.0 Å². The molecule has 0 saturated carbocycles. The zero-order valence-corrected chi connectivity index (χ0v) is 60.7. The number of pyridine rings is 3. The standard InChI is InChI=1S/C23H25ClF3N7O3.2C22H23ClF3N7O3.6H2/c1-2-3-8-37-22(36)33-6-7-34(17(12-33)21(35)31-13-23(25,26)27)18-4-5-28-20(32-18)16-11-30-19-15(16)9-14(24)10-29-19;1-12(2)36-21(35)32-5-6-33(16(10-32)20(34)30-11-22(24,25)26)17-3-4-27-19(31-17)15-9-29-18-14(15)7-13(23)8-28-18;1-2-7-36-21(35)32-5-6-33(16(11-32)20(34)30-12-22(24,25)26)17-3-4-27-19(31-17)15-10-29-18-14(15)8-13(23)9-28-18;;;;;;/h4-5,9-11,17H,2-3,6-8,12-13H2,1H3,(H,29,30)(H,31,35);3-4,7-9,12,16H,5-6,10-11H2,1-2H3,(H,28,29)(H,30,34);3-4,8-10,16H,2,5-7,11-12H2,1H3,(H,28,29)(H,30,34);6*1H/t17-;2*16-;;;;;;/m111....../s1. The molecular weight excluding hydrogens is 1520 g/mol. The summed E-state index contributed by atoms with van der Waals surface area (Å²) in [6.45, 7) is 3.56. The Labute approximate surface area is 638 Å². The Hall–Kier alpha value is -10.8. The van der Waals surface area contributed by atoms with Gasteiger partial charge in [-0.05, 0) is 63.1 Å². The fourth-order valence-corrected chi connectivity index (χ4v) is 12.1. The lowest BCUT2D eigenvalue weighted by molar-refractivity contribution is -0.139. The van der Waals surface area contributed by atoms with Gasteiger partial charge in [-0.3, -0.25) is 14.4 Å². The van der Waals surface area contributed by atoms with Crippen LogP contribution in [0.3, 0.4) is 0 Å². The number of carbonyl (C=O) groups excluding carboxylic acids is 6. The Bertz CT molecular complexity index is 4740. The van der Waals surface area contributed by atoms with E-state index in [1.807, 2.05) is 29.8 Å². The predicted octanol–water partition coefficient (Wildman–Crippen LogP) is 12.0. The van der Waals surface area contributed by atoms with Crippen molar-refractivity contribution < 1.29 is 91.1 Å². The van der Waals surface area contributed by atoms with Crippen LogP contribution >= 0.6 is 34.8 Å². The number of carbonyl (C=O) groups is 6. The van der Waals surface area contributed by atoms with Crippen molar-refractivity contribution in [2.45, 2.75) is 89.7 Å². The van der Waals surface area contributed by atoms with Gasteiger partial charge < -0.3 is 74.5 Å². The lowest BCUT2D eigenvalue weighted by Gasteiger charge is -2.40. The van der Waals surface area contributed by atoms with E-state index < -0.39 is 98.4 Å². The Kier molecular flexibility index (Phi) is 26.3. The third kappa shape index (κ3) is 21.3. The Morgan fingerprint density at radius 1 is 0.486 bits per heavy atom. The first-order chi connectivity index (χ1) is 51.8. The first-order valence-corrected chi connectivity index (χ1v) is 35.0. The van der Waals surface area contributed by atoms with E-state index in [1.54, 1.807) is 83.5 Å². The molecule has 0 unspecified atom stereocenters. The number of aromatic nitrogens is 12. The number of H-pyrrole nitrogens is 3. The quantitative estimate of drug-likeness (QED) is 0.0264. The molecule has 6 amide bonds. The highest BCUT2D eigenvalue weighted by Crippen LogP contribution is 2.34. The summed E-state index contributed by atoms with van der Waals surface area (Å²) in [7, 11) is 0. The van der Waals surface area contributed by atoms with Crippen molar-refractivity contribution in [3.05, 3.63) is 107 Å². The molecule has 0 spiro atoms. The van der Waals surface area contributed by atoms with Crippen LogP contribution in [0.5, 0.6) is 0 Å². The highest BCUT2D eigenvalue weighted by molar-refractivity contribution is 6.32. The van der Waals surface area contributed by atoms with Gasteiger partial charge >= 0.3 is 36.8 Å². The first kappa shape index (κ1) is 80.7. The lowest BCUT2D eigenvalue weighted by Crippen LogP contribution is -2.61. The maximum Gasteiger partial charge on any atom is 0.410 e. The second-order valence-corrected chi connectivity index (χ2v) is 26.3. The number of nitrogens with zero attached hydrogens (tertiary/aromatic N) is 15. The van der Waals surface area contributed by atoms with Gasteiger partial charge in [0.2, 0.25) is 17.7 Å². The molecule has 0 aliphatic carbocycles. The van der Waals surface area contributed by atoms with Crippen molar-refractivity contribution in [3.63, 3.8) is 0 Å². The Balaban J connectivity index is 0.000000354. The maximum atomic E-state index is 12.9. The van der Waals surface area contributed by atoms with Crippen LogP contribution in [0.4, 0.5) is 71.4 Å². The number of unbranched alkanes of at least 4 members (excludes halogenated alkanes) is 1. The number of fused-ring (bicyclic) bond motifs is 3. The summed E-state index contributed by atoms with van der Waals surface area (Å²) < 4.78 is 131. The van der Waals surface area contributed by atoms with Gasteiger partial charge in [0.25, 0.3) is 0 Å². The number of alkyl halides is 9. The number of anilines is 3. The zero-order chi connectivity index (χ0) is 78.5. The van der Waals surface area contributed by atoms with Gasteiger partial charge in [-0.25, -0.2) is 59.2 Å². The monoisotopic (exact) mass is 1600 g/mol. The third-order valence-corrected chi connectivity index (χ3v) is 17.3. The highest BCUT2D eigenvalue weighted by atomic mass is 35.5. The number of piperazine rings is 3. The van der Waals surface area contributed by atoms with Crippen molar-refractivity contribution in [2.75, 3.05) is 106 Å². The molecule has 3 fully saturated rings. The fraction of sp³-hybridized carbons (Fsp3) is 0.418. The Morgan fingerprint density at radius 2 is 0.807 bits per heavy atom. The predicted molar refractivity (Wildman–Crippen MR) is 394 cm³/mol. The number of amides is 6. The molecule has 9 aromatic rings. The van der Waals surface area contributed by atoms with Gasteiger partial charge in [-0.15, -0.1) is 0 Å². The first-order valence-electron chi connectivity index (χ1n) is 33.8. The normalized spacial score (nSPS) is 16.3. The van der Waals surface area contributed by atoms with E-state index in [9.17, 15) is 68.3 Å². The summed E-state index contributed by atoms with van der Waals surface area (Å²) in [4.78, 5) is 133. The van der Waals surface area contributed by atoms with Crippen molar-refractivity contribution in [1.82, 2.24) is 90.5 Å². The van der Waals surface area contributed by atoms with Gasteiger partial charge in [0.1, 0.15) is 72.2 Å². The summed E-state index contributed by atoms with van der Waals surface area (Å²) in [5.41, 5.74) is 3.56. The minimum atomic E-state index is -4.59. The number of hydrogen-bond donors (Lipinski definition) is 6. The number of nitrogens with one attached hydrogen (secondary N) is 6. The molecule has 3 aliphatic rings. The topological polar surface area (TPSA) is 349 Å². The zero-order valence-electron chi connectivity index (χ0n) is 58.4. The molecule has 109 heavy (non-hydrogen) atoms. The van der Waals surface area contributed by atoms with Gasteiger partial charge in [-0.2, -0.15) is 39.5 Å². The summed E-state index contributed by atoms with van der Waals surface area (Å²) in [5.74, 6) is -0.788. The van der Waals surface area contributed by atoms with E-state index in [0.29, 0.717) is 113 Å². The molecule has 30 nitrogen and oxygen atoms in total. The summed E-state index contributed by atoms with van der Waals surface area (Å²) in [5, 5.41) is 9.06. The van der Waals surface area contributed by atoms with Crippen LogP contribution in [0.25, 0.3) is 67.3 Å². The molecule has 3 atom stereocenters. The number of ether oxygens (including phenoxy) is 3. The average Bonchev–Trinajstić information content (AvgIpc) is 1.78. The molecule has 0 bridgehead atoms. The fourth-order valence-electron chi connectivity index (χ4n) is 11.6. The highest BCUT2D eigenvalue weighted by Gasteiger charge is 2.42. The molecule has 3 saturated heterocycles. The van der Waals surface area contributed by atoms with Crippen molar-refractivity contribution in [3.8, 4) is 34.2 Å². The number of aromatic amines is 3. The molecule has 0 radical (unpaired) electrons. The lowest BCUT2D eigenvalue weighted by atomic mass is 10.1. The largest absolute Gasteiger partial charge is 0.449 e. The van der Waals surface area contributed by atoms with Gasteiger partial charge in [0.15, 0.2) is 17.5 Å². The number of rotatable bonds is 18. The third-order valence-electron chi connectivity index (χ3n) is 16.7. The minimum Gasteiger partial charge on any atom is -0.449 e. The van der Waals surface area contributed by atoms with E-state index in [1.165, 1.54) is 51.9 Å². The molecule has 3 aliphatic heterocycles. The molecule has 594 valence electrons. The minimum absolute atomic E-state index is 0. The maximum absolute atomic E-state index is 12.9. The smallest absolute Gasteiger partial charge is 0.410 e. The van der Waals surface area contributed by atoms with Crippen LogP contribution in [0, 0.1) is 0 Å². The summed E-state index contributed by atoms with van der Waals surface area (Å²) >= 11 is 18.3. The molecule has 42 heteroatoms. The van der Waals surface area contributed by atoms with E-state index in [-0.39, 0.29) is 80.7 Å². The molecular formula is C67H83Cl3F9N21O9. The number of hydrogen-bond acceptors (Lipinski definition) is 21. The van der Waals surface area contributed by atoms with E-state index in [2.05, 4.69) is 59.8 Å². The molecule has 9 aromatic heterocycles. The molecule has 0 aromatic carbocycles.